The summed E-state index contributed by atoms with van der Waals surface area (Å²) < 4.78 is 5.45. The van der Waals surface area contributed by atoms with Crippen LogP contribution in [0, 0.1) is 0 Å². The third-order valence-electron chi connectivity index (χ3n) is 4.39. The molecule has 0 amide bonds. The number of aromatic nitrogens is 2. The lowest BCUT2D eigenvalue weighted by Gasteiger charge is -2.19. The van der Waals surface area contributed by atoms with Crippen LogP contribution in [0.2, 0.25) is 0 Å². The van der Waals surface area contributed by atoms with Crippen molar-refractivity contribution in [2.75, 3.05) is 13.1 Å². The van der Waals surface area contributed by atoms with E-state index >= 15 is 0 Å². The van der Waals surface area contributed by atoms with Gasteiger partial charge in [-0.3, -0.25) is 9.69 Å². The average molecular weight is 376 g/mol. The van der Waals surface area contributed by atoms with Gasteiger partial charge in [-0.2, -0.15) is 4.98 Å². The molecule has 1 aliphatic heterocycles. The average Bonchev–Trinajstić information content (AvgIpc) is 3.32. The summed E-state index contributed by atoms with van der Waals surface area (Å²) in [6.45, 7) is 2.31. The number of hydrogen-bond donors (Lipinski definition) is 1. The Bertz CT molecular complexity index is 855. The standard InChI is InChI=1S/C18H17N3O2S.ClH/c22-11-13-6-2-3-7-14(13)17-10-15(20-23-17)16-12-24-18(19-16)21-8-4-1-5-9-21;/h2-3,6-7,10-12H,1,4-5,8-9H2;1H. The highest BCUT2D eigenvalue weighted by Crippen LogP contribution is 2.29. The van der Waals surface area contributed by atoms with Gasteiger partial charge in [-0.05, 0) is 19.3 Å². The molecule has 1 saturated heterocycles. The van der Waals surface area contributed by atoms with E-state index in [1.54, 1.807) is 17.4 Å². The summed E-state index contributed by atoms with van der Waals surface area (Å²) in [5.41, 5.74) is 2.90. The number of carbonyl (C=O) groups excluding carboxylic acids is 1. The molecule has 0 atom stereocenters. The number of nitrogens with one attached hydrogen (secondary N) is 1. The molecule has 5 nitrogen and oxygen atoms in total. The summed E-state index contributed by atoms with van der Waals surface area (Å²) >= 11 is 1.68. The molecule has 7 heteroatoms. The highest BCUT2D eigenvalue weighted by Gasteiger charge is 2.21. The van der Waals surface area contributed by atoms with Gasteiger partial charge in [0.2, 0.25) is 0 Å². The van der Waals surface area contributed by atoms with Crippen molar-refractivity contribution in [2.45, 2.75) is 19.3 Å². The van der Waals surface area contributed by atoms with Crippen LogP contribution in [0.15, 0.2) is 40.2 Å². The lowest BCUT2D eigenvalue weighted by molar-refractivity contribution is -0.837. The Kier molecular flexibility index (Phi) is 5.63. The van der Waals surface area contributed by atoms with E-state index in [2.05, 4.69) is 5.16 Å². The minimum Gasteiger partial charge on any atom is -1.00 e. The molecule has 0 spiro atoms. The predicted molar refractivity (Wildman–Crippen MR) is 92.6 cm³/mol. The van der Waals surface area contributed by atoms with Gasteiger partial charge in [-0.1, -0.05) is 40.8 Å². The van der Waals surface area contributed by atoms with Gasteiger partial charge < -0.3 is 16.9 Å². The van der Waals surface area contributed by atoms with Crippen LogP contribution < -0.4 is 17.3 Å². The third kappa shape index (κ3) is 3.66. The second kappa shape index (κ2) is 7.91. The van der Waals surface area contributed by atoms with E-state index in [0.717, 1.165) is 35.8 Å². The Labute approximate surface area is 156 Å². The van der Waals surface area contributed by atoms with Crippen molar-refractivity contribution in [1.82, 2.24) is 10.1 Å². The zero-order valence-electron chi connectivity index (χ0n) is 13.6. The van der Waals surface area contributed by atoms with Crippen LogP contribution in [-0.2, 0) is 0 Å². The van der Waals surface area contributed by atoms with Crippen LogP contribution in [0.25, 0.3) is 22.7 Å². The summed E-state index contributed by atoms with van der Waals surface area (Å²) in [6.07, 6.45) is 4.68. The third-order valence-corrected chi connectivity index (χ3v) is 5.33. The van der Waals surface area contributed by atoms with Crippen molar-refractivity contribution in [3.63, 3.8) is 0 Å². The quantitative estimate of drug-likeness (QED) is 0.651. The van der Waals surface area contributed by atoms with Crippen LogP contribution in [0.5, 0.6) is 0 Å². The Hall–Kier alpha value is -2.02. The van der Waals surface area contributed by atoms with Crippen LogP contribution in [-0.4, -0.2) is 29.5 Å². The Morgan fingerprint density at radius 2 is 1.92 bits per heavy atom. The lowest BCUT2D eigenvalue weighted by Crippen LogP contribution is -3.08. The minimum absolute atomic E-state index is 0. The van der Waals surface area contributed by atoms with E-state index in [4.69, 9.17) is 9.51 Å². The number of nitrogens with zero attached hydrogens (tertiary/aromatic N) is 2. The van der Waals surface area contributed by atoms with Gasteiger partial charge >= 0.3 is 0 Å². The van der Waals surface area contributed by atoms with Crippen molar-refractivity contribution < 1.29 is 26.6 Å². The number of piperidine rings is 1. The first kappa shape index (κ1) is 17.8. The normalized spacial score (nSPS) is 14.9. The number of thiazole rings is 1. The fourth-order valence-corrected chi connectivity index (χ4v) is 4.01. The molecule has 0 radical (unpaired) electrons. The number of hydrogen-bond acceptors (Lipinski definition) is 5. The van der Waals surface area contributed by atoms with Crippen molar-refractivity contribution >= 4 is 22.8 Å². The largest absolute Gasteiger partial charge is 1.00 e. The van der Waals surface area contributed by atoms with E-state index in [1.165, 1.54) is 24.2 Å². The number of carbonyl (C=O) groups is 1. The SMILES string of the molecule is O=Cc1ccccc1-c1cc(-c2csc([NH+]3CCCCC3)n2)no1.[Cl-]. The molecule has 0 aliphatic carbocycles. The number of aldehydes is 1. The first-order valence-corrected chi connectivity index (χ1v) is 9.05. The maximum atomic E-state index is 11.2. The van der Waals surface area contributed by atoms with E-state index in [1.807, 2.05) is 29.6 Å². The Morgan fingerprint density at radius 3 is 2.72 bits per heavy atom. The van der Waals surface area contributed by atoms with Crippen LogP contribution in [0.1, 0.15) is 29.6 Å². The van der Waals surface area contributed by atoms with Crippen molar-refractivity contribution in [2.24, 2.45) is 0 Å². The second-order valence-electron chi connectivity index (χ2n) is 5.98. The fourth-order valence-electron chi connectivity index (χ4n) is 3.09. The topological polar surface area (TPSA) is 60.4 Å². The highest BCUT2D eigenvalue weighted by molar-refractivity contribution is 7.13. The molecule has 2 aromatic heterocycles. The van der Waals surface area contributed by atoms with Gasteiger partial charge in [0.15, 0.2) is 12.0 Å². The summed E-state index contributed by atoms with van der Waals surface area (Å²) in [5, 5.41) is 7.30. The molecule has 4 rings (SSSR count). The van der Waals surface area contributed by atoms with Crippen molar-refractivity contribution in [3.8, 4) is 22.7 Å². The molecule has 130 valence electrons. The van der Waals surface area contributed by atoms with Crippen molar-refractivity contribution in [1.29, 1.82) is 0 Å². The molecular weight excluding hydrogens is 358 g/mol. The molecule has 25 heavy (non-hydrogen) atoms. The zero-order chi connectivity index (χ0) is 16.4. The molecule has 0 saturated carbocycles. The molecular formula is C18H18ClN3O2S. The molecule has 1 N–H and O–H groups in total. The fraction of sp³-hybridized carbons (Fsp3) is 0.278. The minimum atomic E-state index is 0. The van der Waals surface area contributed by atoms with E-state index in [0.29, 0.717) is 17.0 Å². The van der Waals surface area contributed by atoms with Crippen molar-refractivity contribution in [3.05, 3.63) is 41.3 Å². The molecule has 0 bridgehead atoms. The Morgan fingerprint density at radius 1 is 1.12 bits per heavy atom. The predicted octanol–water partition coefficient (Wildman–Crippen LogP) is -0.0181. The first-order valence-electron chi connectivity index (χ1n) is 8.17. The molecule has 1 aliphatic rings. The van der Waals surface area contributed by atoms with Crippen LogP contribution in [0.3, 0.4) is 0 Å². The summed E-state index contributed by atoms with van der Waals surface area (Å²) in [7, 11) is 0. The summed E-state index contributed by atoms with van der Waals surface area (Å²) in [5.74, 6) is 0.590. The molecule has 3 aromatic rings. The number of rotatable bonds is 4. The van der Waals surface area contributed by atoms with E-state index in [9.17, 15) is 4.79 Å². The monoisotopic (exact) mass is 375 g/mol. The number of benzene rings is 1. The first-order chi connectivity index (χ1) is 11.8. The maximum absolute atomic E-state index is 11.2. The summed E-state index contributed by atoms with van der Waals surface area (Å²) in [4.78, 5) is 17.4. The molecule has 0 unspecified atom stereocenters. The van der Waals surface area contributed by atoms with E-state index in [-0.39, 0.29) is 12.4 Å². The van der Waals surface area contributed by atoms with Gasteiger partial charge in [0, 0.05) is 22.6 Å². The number of halogens is 1. The maximum Gasteiger partial charge on any atom is 0.285 e. The zero-order valence-corrected chi connectivity index (χ0v) is 15.1. The second-order valence-corrected chi connectivity index (χ2v) is 6.84. The molecule has 3 heterocycles. The van der Waals surface area contributed by atoms with Crippen LogP contribution >= 0.6 is 11.3 Å². The molecule has 1 fully saturated rings. The lowest BCUT2D eigenvalue weighted by atomic mass is 10.1. The number of quaternary nitrogens is 1. The highest BCUT2D eigenvalue weighted by atomic mass is 35.5. The van der Waals surface area contributed by atoms with Gasteiger partial charge in [0.25, 0.3) is 5.13 Å². The summed E-state index contributed by atoms with van der Waals surface area (Å²) in [6, 6.07) is 9.19. The van der Waals surface area contributed by atoms with Crippen LogP contribution in [0.4, 0.5) is 5.13 Å². The van der Waals surface area contributed by atoms with Gasteiger partial charge in [-0.15, -0.1) is 0 Å². The van der Waals surface area contributed by atoms with Gasteiger partial charge in [-0.25, -0.2) is 0 Å². The van der Waals surface area contributed by atoms with Gasteiger partial charge in [0.05, 0.1) is 13.1 Å². The van der Waals surface area contributed by atoms with E-state index < -0.39 is 0 Å². The smallest absolute Gasteiger partial charge is 0.285 e. The van der Waals surface area contributed by atoms with Gasteiger partial charge in [0.1, 0.15) is 11.4 Å². The Balaban J connectivity index is 0.00000182. The molecule has 1 aromatic carbocycles.